The van der Waals surface area contributed by atoms with Crippen LogP contribution in [0.4, 0.5) is 14.5 Å². The smallest absolute Gasteiger partial charge is 0.241 e. The van der Waals surface area contributed by atoms with Gasteiger partial charge < -0.3 is 11.5 Å². The first kappa shape index (κ1) is 10.2. The van der Waals surface area contributed by atoms with Crippen LogP contribution in [0.25, 0.3) is 6.08 Å². The highest BCUT2D eigenvalue weighted by Gasteiger charge is 2.06. The highest BCUT2D eigenvalue weighted by molar-refractivity contribution is 5.90. The molecule has 0 aromatic heterocycles. The van der Waals surface area contributed by atoms with E-state index in [1.165, 1.54) is 0 Å². The molecule has 0 aliphatic heterocycles. The van der Waals surface area contributed by atoms with Gasteiger partial charge in [-0.05, 0) is 18.2 Å². The van der Waals surface area contributed by atoms with E-state index in [0.717, 1.165) is 24.3 Å². The first-order valence-electron chi connectivity index (χ1n) is 3.72. The Morgan fingerprint density at radius 1 is 1.29 bits per heavy atom. The Labute approximate surface area is 79.0 Å². The van der Waals surface area contributed by atoms with E-state index in [4.69, 9.17) is 11.5 Å². The van der Waals surface area contributed by atoms with Crippen molar-refractivity contribution in [3.8, 4) is 0 Å². The summed E-state index contributed by atoms with van der Waals surface area (Å²) in [5, 5.41) is 0. The molecular formula is C9H8F2N2O. The van der Waals surface area contributed by atoms with Crippen LogP contribution in [-0.2, 0) is 4.79 Å². The third-order valence-corrected chi connectivity index (χ3v) is 1.52. The molecule has 14 heavy (non-hydrogen) atoms. The summed E-state index contributed by atoms with van der Waals surface area (Å²) in [6.45, 7) is 0. The lowest BCUT2D eigenvalue weighted by Crippen LogP contribution is -2.05. The van der Waals surface area contributed by atoms with Crippen LogP contribution in [0.5, 0.6) is 0 Å². The number of nitrogen functional groups attached to an aromatic ring is 1. The van der Waals surface area contributed by atoms with Crippen LogP contribution < -0.4 is 11.5 Å². The van der Waals surface area contributed by atoms with Crippen molar-refractivity contribution in [2.24, 2.45) is 5.73 Å². The Bertz CT molecular complexity index is 379. The van der Waals surface area contributed by atoms with Crippen LogP contribution in [0, 0.1) is 11.6 Å². The van der Waals surface area contributed by atoms with E-state index in [9.17, 15) is 13.6 Å². The van der Waals surface area contributed by atoms with Gasteiger partial charge in [-0.2, -0.15) is 0 Å². The molecule has 1 aromatic carbocycles. The fraction of sp³-hybridized carbons (Fsp3) is 0. The number of carbonyl (C=O) groups is 1. The lowest BCUT2D eigenvalue weighted by molar-refractivity contribution is -0.113. The zero-order chi connectivity index (χ0) is 10.7. The van der Waals surface area contributed by atoms with Crippen molar-refractivity contribution in [3.05, 3.63) is 35.4 Å². The topological polar surface area (TPSA) is 69.1 Å². The molecule has 1 rings (SSSR count). The summed E-state index contributed by atoms with van der Waals surface area (Å²) in [5.41, 5.74) is 9.61. The molecule has 0 fully saturated rings. The van der Waals surface area contributed by atoms with E-state index in [2.05, 4.69) is 0 Å². The molecular weight excluding hydrogens is 190 g/mol. The molecule has 0 unspecified atom stereocenters. The van der Waals surface area contributed by atoms with Crippen molar-refractivity contribution in [1.29, 1.82) is 0 Å². The summed E-state index contributed by atoms with van der Waals surface area (Å²) in [6, 6.07) is 1.92. The molecule has 0 bridgehead atoms. The Kier molecular flexibility index (Phi) is 2.81. The summed E-state index contributed by atoms with van der Waals surface area (Å²) < 4.78 is 26.1. The van der Waals surface area contributed by atoms with Crippen molar-refractivity contribution >= 4 is 17.7 Å². The van der Waals surface area contributed by atoms with Crippen LogP contribution in [-0.4, -0.2) is 5.91 Å². The number of halogens is 2. The predicted molar refractivity (Wildman–Crippen MR) is 49.0 cm³/mol. The molecule has 0 radical (unpaired) electrons. The van der Waals surface area contributed by atoms with Gasteiger partial charge in [0.05, 0.1) is 0 Å². The van der Waals surface area contributed by atoms with Gasteiger partial charge in [-0.15, -0.1) is 0 Å². The van der Waals surface area contributed by atoms with E-state index >= 15 is 0 Å². The first-order valence-corrected chi connectivity index (χ1v) is 3.72. The molecule has 4 N–H and O–H groups in total. The Morgan fingerprint density at radius 2 is 1.79 bits per heavy atom. The lowest BCUT2D eigenvalue weighted by atomic mass is 10.1. The Morgan fingerprint density at radius 3 is 2.21 bits per heavy atom. The SMILES string of the molecule is NC(=O)C=Cc1c(F)cc(N)cc1F. The normalized spacial score (nSPS) is 10.7. The van der Waals surface area contributed by atoms with Crippen LogP contribution in [0.3, 0.4) is 0 Å². The summed E-state index contributed by atoms with van der Waals surface area (Å²) >= 11 is 0. The van der Waals surface area contributed by atoms with Crippen LogP contribution >= 0.6 is 0 Å². The highest BCUT2D eigenvalue weighted by atomic mass is 19.1. The zero-order valence-corrected chi connectivity index (χ0v) is 7.13. The summed E-state index contributed by atoms with van der Waals surface area (Å²) in [7, 11) is 0. The second-order valence-corrected chi connectivity index (χ2v) is 2.63. The van der Waals surface area contributed by atoms with Gasteiger partial charge in [-0.3, -0.25) is 4.79 Å². The second kappa shape index (κ2) is 3.87. The van der Waals surface area contributed by atoms with Crippen LogP contribution in [0.1, 0.15) is 5.56 Å². The van der Waals surface area contributed by atoms with E-state index in [1.54, 1.807) is 0 Å². The van der Waals surface area contributed by atoms with Gasteiger partial charge in [0.1, 0.15) is 11.6 Å². The number of anilines is 1. The number of nitrogens with two attached hydrogens (primary N) is 2. The van der Waals surface area contributed by atoms with Crippen molar-refractivity contribution < 1.29 is 13.6 Å². The molecule has 0 saturated heterocycles. The quantitative estimate of drug-likeness (QED) is 0.550. The number of amides is 1. The van der Waals surface area contributed by atoms with E-state index in [1.807, 2.05) is 0 Å². The first-order chi connectivity index (χ1) is 6.50. The minimum Gasteiger partial charge on any atom is -0.399 e. The minimum absolute atomic E-state index is 0.0174. The molecule has 0 aliphatic rings. The molecule has 0 spiro atoms. The fourth-order valence-electron chi connectivity index (χ4n) is 0.929. The predicted octanol–water partition coefficient (Wildman–Crippen LogP) is 1.05. The maximum absolute atomic E-state index is 13.0. The summed E-state index contributed by atoms with van der Waals surface area (Å²) in [6.07, 6.45) is 1.84. The maximum atomic E-state index is 13.0. The van der Waals surface area contributed by atoms with Gasteiger partial charge in [0.15, 0.2) is 0 Å². The standard InChI is InChI=1S/C9H8F2N2O/c10-7-3-5(12)4-8(11)6(7)1-2-9(13)14/h1-4H,12H2,(H2,13,14). The number of benzene rings is 1. The highest BCUT2D eigenvalue weighted by Crippen LogP contribution is 2.17. The van der Waals surface area contributed by atoms with Gasteiger partial charge in [-0.1, -0.05) is 0 Å². The average Bonchev–Trinajstić information content (AvgIpc) is 2.01. The van der Waals surface area contributed by atoms with Crippen LogP contribution in [0.15, 0.2) is 18.2 Å². The molecule has 1 amide bonds. The van der Waals surface area contributed by atoms with Crippen molar-refractivity contribution in [1.82, 2.24) is 0 Å². The van der Waals surface area contributed by atoms with Gasteiger partial charge >= 0.3 is 0 Å². The number of rotatable bonds is 2. The van der Waals surface area contributed by atoms with Crippen molar-refractivity contribution in [3.63, 3.8) is 0 Å². The second-order valence-electron chi connectivity index (χ2n) is 2.63. The fourth-order valence-corrected chi connectivity index (χ4v) is 0.929. The van der Waals surface area contributed by atoms with E-state index in [-0.39, 0.29) is 11.3 Å². The van der Waals surface area contributed by atoms with Gasteiger partial charge in [-0.25, -0.2) is 8.78 Å². The third kappa shape index (κ3) is 2.29. The number of hydrogen-bond donors (Lipinski definition) is 2. The lowest BCUT2D eigenvalue weighted by Gasteiger charge is -2.00. The van der Waals surface area contributed by atoms with E-state index < -0.39 is 17.5 Å². The molecule has 3 nitrogen and oxygen atoms in total. The summed E-state index contributed by atoms with van der Waals surface area (Å²) in [5.74, 6) is -2.44. The minimum atomic E-state index is -0.833. The van der Waals surface area contributed by atoms with Crippen molar-refractivity contribution in [2.75, 3.05) is 5.73 Å². The van der Waals surface area contributed by atoms with Crippen LogP contribution in [0.2, 0.25) is 0 Å². The Hall–Kier alpha value is -1.91. The molecule has 1 aromatic rings. The zero-order valence-electron chi connectivity index (χ0n) is 7.13. The monoisotopic (exact) mass is 198 g/mol. The summed E-state index contributed by atoms with van der Waals surface area (Å²) in [4.78, 5) is 10.3. The van der Waals surface area contributed by atoms with Gasteiger partial charge in [0.2, 0.25) is 5.91 Å². The van der Waals surface area contributed by atoms with E-state index in [0.29, 0.717) is 0 Å². The third-order valence-electron chi connectivity index (χ3n) is 1.52. The molecule has 0 saturated carbocycles. The van der Waals surface area contributed by atoms with Gasteiger partial charge in [0.25, 0.3) is 0 Å². The number of carbonyl (C=O) groups excluding carboxylic acids is 1. The largest absolute Gasteiger partial charge is 0.399 e. The molecule has 0 heterocycles. The van der Waals surface area contributed by atoms with Crippen molar-refractivity contribution in [2.45, 2.75) is 0 Å². The number of hydrogen-bond acceptors (Lipinski definition) is 2. The molecule has 0 aliphatic carbocycles. The Balaban J connectivity index is 3.15. The maximum Gasteiger partial charge on any atom is 0.241 e. The molecule has 5 heteroatoms. The molecule has 74 valence electrons. The average molecular weight is 198 g/mol. The van der Waals surface area contributed by atoms with Gasteiger partial charge in [0, 0.05) is 17.3 Å². The number of primary amides is 1. The molecule has 0 atom stereocenters.